The third-order valence-electron chi connectivity index (χ3n) is 6.53. The summed E-state index contributed by atoms with van der Waals surface area (Å²) < 4.78 is 5.22. The van der Waals surface area contributed by atoms with Gasteiger partial charge in [0, 0.05) is 11.3 Å². The molecule has 0 radical (unpaired) electrons. The van der Waals surface area contributed by atoms with Crippen molar-refractivity contribution in [1.82, 2.24) is 15.5 Å². The van der Waals surface area contributed by atoms with Crippen LogP contribution in [0.1, 0.15) is 30.5 Å². The van der Waals surface area contributed by atoms with Crippen LogP contribution in [0.2, 0.25) is 0 Å². The molecule has 1 aliphatic rings. The molecule has 1 fully saturated rings. The molecule has 204 valence electrons. The molecule has 8 nitrogen and oxygen atoms in total. The van der Waals surface area contributed by atoms with Crippen LogP contribution in [0.15, 0.2) is 61.2 Å². The number of ether oxygens (including phenoxy) is 1. The first-order valence-electron chi connectivity index (χ1n) is 12.6. The summed E-state index contributed by atoms with van der Waals surface area (Å²) in [5.74, 6) is -0.512. The topological polar surface area (TPSA) is 108 Å². The van der Waals surface area contributed by atoms with E-state index in [-0.39, 0.29) is 31.4 Å². The van der Waals surface area contributed by atoms with Gasteiger partial charge in [-0.1, -0.05) is 54.6 Å². The first-order valence-corrected chi connectivity index (χ1v) is 13.6. The molecule has 0 spiro atoms. The molecule has 1 heterocycles. The van der Waals surface area contributed by atoms with Gasteiger partial charge in [-0.25, -0.2) is 0 Å². The summed E-state index contributed by atoms with van der Waals surface area (Å²) in [4.78, 5) is 40.8. The maximum absolute atomic E-state index is 13.6. The van der Waals surface area contributed by atoms with Crippen molar-refractivity contribution in [2.24, 2.45) is 0 Å². The van der Waals surface area contributed by atoms with E-state index in [2.05, 4.69) is 17.2 Å². The van der Waals surface area contributed by atoms with Gasteiger partial charge in [-0.2, -0.15) is 0 Å². The molecular formula is C29H37N3O5S. The van der Waals surface area contributed by atoms with Crippen molar-refractivity contribution in [3.05, 3.63) is 77.9 Å². The minimum Gasteiger partial charge on any atom is -0.483 e. The van der Waals surface area contributed by atoms with Crippen LogP contribution in [0.25, 0.3) is 0 Å². The lowest BCUT2D eigenvalue weighted by molar-refractivity contribution is -0.147. The molecule has 3 N–H and O–H groups in total. The lowest BCUT2D eigenvalue weighted by Crippen LogP contribution is -2.59. The standard InChI is InChI=1S/C29H37N3O5S/c1-6-15-30-27(35)26-29(4,5)38-18-32(26)28(36)24(34)22(16-21-13-8-7-9-14-21)31-23(33)17-37-25-19(2)11-10-12-20(25)3/h6-14,22,24,26,34H,1,15-18H2,2-5H3,(H,30,35)(H,31,33). The highest BCUT2D eigenvalue weighted by Gasteiger charge is 2.49. The molecule has 3 atom stereocenters. The van der Waals surface area contributed by atoms with Gasteiger partial charge < -0.3 is 25.4 Å². The van der Waals surface area contributed by atoms with Crippen LogP contribution >= 0.6 is 11.8 Å². The number of nitrogens with one attached hydrogen (secondary N) is 2. The zero-order valence-electron chi connectivity index (χ0n) is 22.4. The van der Waals surface area contributed by atoms with E-state index in [4.69, 9.17) is 4.74 Å². The van der Waals surface area contributed by atoms with E-state index >= 15 is 0 Å². The number of carbonyl (C=O) groups is 3. The van der Waals surface area contributed by atoms with Crippen LogP contribution in [0.3, 0.4) is 0 Å². The molecule has 3 rings (SSSR count). The molecule has 1 saturated heterocycles. The monoisotopic (exact) mass is 539 g/mol. The second-order valence-corrected chi connectivity index (χ2v) is 11.5. The molecular weight excluding hydrogens is 502 g/mol. The molecule has 0 aromatic heterocycles. The van der Waals surface area contributed by atoms with Crippen molar-refractivity contribution in [1.29, 1.82) is 0 Å². The predicted octanol–water partition coefficient (Wildman–Crippen LogP) is 2.75. The first-order chi connectivity index (χ1) is 18.0. The van der Waals surface area contributed by atoms with Crippen LogP contribution in [0.4, 0.5) is 0 Å². The van der Waals surface area contributed by atoms with E-state index in [9.17, 15) is 19.5 Å². The van der Waals surface area contributed by atoms with Gasteiger partial charge in [0.15, 0.2) is 12.7 Å². The Morgan fingerprint density at radius 3 is 2.45 bits per heavy atom. The minimum atomic E-state index is -1.57. The maximum Gasteiger partial charge on any atom is 0.258 e. The van der Waals surface area contributed by atoms with Crippen LogP contribution in [0, 0.1) is 13.8 Å². The molecule has 2 aromatic rings. The predicted molar refractivity (Wildman–Crippen MR) is 150 cm³/mol. The van der Waals surface area contributed by atoms with Crippen molar-refractivity contribution < 1.29 is 24.2 Å². The summed E-state index contributed by atoms with van der Waals surface area (Å²) >= 11 is 1.46. The zero-order chi connectivity index (χ0) is 27.9. The van der Waals surface area contributed by atoms with Gasteiger partial charge >= 0.3 is 0 Å². The molecule has 0 aliphatic carbocycles. The minimum absolute atomic E-state index is 0.223. The van der Waals surface area contributed by atoms with E-state index in [1.54, 1.807) is 6.08 Å². The highest BCUT2D eigenvalue weighted by Crippen LogP contribution is 2.39. The summed E-state index contributed by atoms with van der Waals surface area (Å²) in [6.07, 6.45) is 0.226. The largest absolute Gasteiger partial charge is 0.483 e. The average molecular weight is 540 g/mol. The van der Waals surface area contributed by atoms with Gasteiger partial charge in [0.2, 0.25) is 5.91 Å². The van der Waals surface area contributed by atoms with Crippen LogP contribution in [-0.4, -0.2) is 69.7 Å². The average Bonchev–Trinajstić information content (AvgIpc) is 3.21. The van der Waals surface area contributed by atoms with Crippen LogP contribution in [-0.2, 0) is 20.8 Å². The highest BCUT2D eigenvalue weighted by atomic mass is 32.2. The summed E-state index contributed by atoms with van der Waals surface area (Å²) in [7, 11) is 0. The second kappa shape index (κ2) is 13.0. The van der Waals surface area contributed by atoms with E-state index in [1.807, 2.05) is 76.2 Å². The fraction of sp³-hybridized carbons (Fsp3) is 0.414. The Balaban J connectivity index is 1.78. The Morgan fingerprint density at radius 1 is 1.16 bits per heavy atom. The number of benzene rings is 2. The van der Waals surface area contributed by atoms with Crippen molar-refractivity contribution in [2.75, 3.05) is 19.0 Å². The Labute approximate surface area is 228 Å². The van der Waals surface area contributed by atoms with Crippen LogP contribution < -0.4 is 15.4 Å². The zero-order valence-corrected chi connectivity index (χ0v) is 23.2. The van der Waals surface area contributed by atoms with Gasteiger partial charge in [-0.05, 0) is 50.8 Å². The number of thioether (sulfide) groups is 1. The number of aryl methyl sites for hydroxylation is 2. The summed E-state index contributed by atoms with van der Waals surface area (Å²) in [5.41, 5.74) is 2.66. The summed E-state index contributed by atoms with van der Waals surface area (Å²) in [6.45, 7) is 11.2. The number of nitrogens with zero attached hydrogens (tertiary/aromatic N) is 1. The smallest absolute Gasteiger partial charge is 0.258 e. The molecule has 0 bridgehead atoms. The number of hydrogen-bond acceptors (Lipinski definition) is 6. The first kappa shape index (κ1) is 29.3. The Morgan fingerprint density at radius 2 is 1.82 bits per heavy atom. The Kier molecular flexibility index (Phi) is 9.99. The van der Waals surface area contributed by atoms with E-state index in [0.717, 1.165) is 16.7 Å². The summed E-state index contributed by atoms with van der Waals surface area (Å²) in [6, 6.07) is 13.3. The van der Waals surface area contributed by atoms with Crippen molar-refractivity contribution in [3.8, 4) is 5.75 Å². The van der Waals surface area contributed by atoms with Gasteiger partial charge in [-0.3, -0.25) is 14.4 Å². The highest BCUT2D eigenvalue weighted by molar-refractivity contribution is 8.00. The van der Waals surface area contributed by atoms with E-state index in [0.29, 0.717) is 5.75 Å². The fourth-order valence-electron chi connectivity index (χ4n) is 4.55. The van der Waals surface area contributed by atoms with Gasteiger partial charge in [0.05, 0.1) is 11.9 Å². The summed E-state index contributed by atoms with van der Waals surface area (Å²) in [5, 5.41) is 16.8. The third kappa shape index (κ3) is 7.17. The van der Waals surface area contributed by atoms with Gasteiger partial charge in [-0.15, -0.1) is 18.3 Å². The number of para-hydroxylation sites is 1. The van der Waals surface area contributed by atoms with Gasteiger partial charge in [0.25, 0.3) is 11.8 Å². The number of carbonyl (C=O) groups excluding carboxylic acids is 3. The Hall–Kier alpha value is -3.30. The Bertz CT molecular complexity index is 1130. The normalized spacial score (nSPS) is 17.8. The molecule has 38 heavy (non-hydrogen) atoms. The van der Waals surface area contributed by atoms with Crippen LogP contribution in [0.5, 0.6) is 5.75 Å². The fourth-order valence-corrected chi connectivity index (χ4v) is 5.69. The van der Waals surface area contributed by atoms with E-state index in [1.165, 1.54) is 16.7 Å². The lowest BCUT2D eigenvalue weighted by Gasteiger charge is -2.33. The molecule has 3 amide bonds. The number of amides is 3. The van der Waals surface area contributed by atoms with Gasteiger partial charge in [0.1, 0.15) is 11.8 Å². The van der Waals surface area contributed by atoms with Crippen molar-refractivity contribution in [2.45, 2.75) is 57.1 Å². The third-order valence-corrected chi connectivity index (χ3v) is 7.91. The van der Waals surface area contributed by atoms with Crippen molar-refractivity contribution >= 4 is 29.5 Å². The number of aliphatic hydroxyl groups excluding tert-OH is 1. The second-order valence-electron chi connectivity index (χ2n) is 9.94. The molecule has 1 aliphatic heterocycles. The maximum atomic E-state index is 13.6. The molecule has 2 aromatic carbocycles. The molecule has 0 saturated carbocycles. The number of rotatable bonds is 11. The molecule has 9 heteroatoms. The number of aliphatic hydroxyl groups is 1. The lowest BCUT2D eigenvalue weighted by atomic mass is 9.97. The number of hydrogen-bond donors (Lipinski definition) is 3. The molecule has 3 unspecified atom stereocenters. The quantitative estimate of drug-likeness (QED) is 0.379. The SMILES string of the molecule is C=CCNC(=O)C1N(C(=O)C(O)C(Cc2ccccc2)NC(=O)COc2c(C)cccc2C)CSC1(C)C. The van der Waals surface area contributed by atoms with Crippen molar-refractivity contribution in [3.63, 3.8) is 0 Å². The van der Waals surface area contributed by atoms with E-state index < -0.39 is 34.7 Å².